The minimum atomic E-state index is -0.362. The van der Waals surface area contributed by atoms with Gasteiger partial charge in [0, 0.05) is 23.7 Å². The first-order chi connectivity index (χ1) is 8.99. The summed E-state index contributed by atoms with van der Waals surface area (Å²) in [6, 6.07) is 5.15. The first-order valence-electron chi connectivity index (χ1n) is 5.53. The number of rotatable bonds is 4. The Morgan fingerprint density at radius 1 is 1.53 bits per heavy atom. The molecule has 100 valence electrons. The van der Waals surface area contributed by atoms with E-state index in [2.05, 4.69) is 9.88 Å². The van der Waals surface area contributed by atoms with Crippen LogP contribution in [0.15, 0.2) is 23.7 Å². The van der Waals surface area contributed by atoms with Crippen molar-refractivity contribution in [1.29, 1.82) is 0 Å². The molecule has 0 aliphatic carbocycles. The second-order valence-electron chi connectivity index (χ2n) is 4.11. The summed E-state index contributed by atoms with van der Waals surface area (Å²) in [7, 11) is 1.97. The van der Waals surface area contributed by atoms with Crippen LogP contribution in [-0.2, 0) is 6.54 Å². The topological polar surface area (TPSA) is 59.3 Å². The summed E-state index contributed by atoms with van der Waals surface area (Å²) in [6.45, 7) is 2.74. The highest BCUT2D eigenvalue weighted by Crippen LogP contribution is 2.27. The standard InChI is InChI=1S/C12H12IN3O2S/c1-8-12(19-7-14-8)6-15(2)9-3-4-11(16(17)18)10(13)5-9/h3-5,7H,6H2,1-2H3. The normalized spacial score (nSPS) is 10.5. The van der Waals surface area contributed by atoms with Gasteiger partial charge >= 0.3 is 0 Å². The van der Waals surface area contributed by atoms with E-state index in [1.165, 1.54) is 4.88 Å². The molecule has 0 aliphatic rings. The SMILES string of the molecule is Cc1ncsc1CN(C)c1ccc([N+](=O)[O-])c(I)c1. The molecular formula is C12H12IN3O2S. The largest absolute Gasteiger partial charge is 0.369 e. The highest BCUT2D eigenvalue weighted by molar-refractivity contribution is 14.1. The average Bonchev–Trinajstić information content (AvgIpc) is 2.74. The number of aromatic nitrogens is 1. The van der Waals surface area contributed by atoms with Gasteiger partial charge in [-0.25, -0.2) is 4.98 Å². The van der Waals surface area contributed by atoms with Crippen molar-refractivity contribution < 1.29 is 4.92 Å². The Labute approximate surface area is 128 Å². The maximum absolute atomic E-state index is 10.8. The fourth-order valence-electron chi connectivity index (χ4n) is 1.67. The molecule has 0 N–H and O–H groups in total. The zero-order valence-electron chi connectivity index (χ0n) is 10.5. The van der Waals surface area contributed by atoms with Crippen LogP contribution >= 0.6 is 33.9 Å². The highest BCUT2D eigenvalue weighted by Gasteiger charge is 2.14. The predicted octanol–water partition coefficient (Wildman–Crippen LogP) is 3.60. The minimum Gasteiger partial charge on any atom is -0.369 e. The van der Waals surface area contributed by atoms with Crippen LogP contribution in [0.1, 0.15) is 10.6 Å². The highest BCUT2D eigenvalue weighted by atomic mass is 127. The number of nitrogens with zero attached hydrogens (tertiary/aromatic N) is 3. The molecule has 0 bridgehead atoms. The average molecular weight is 389 g/mol. The summed E-state index contributed by atoms with van der Waals surface area (Å²) < 4.78 is 0.646. The van der Waals surface area contributed by atoms with E-state index in [0.717, 1.165) is 17.9 Å². The second-order valence-corrected chi connectivity index (χ2v) is 6.21. The van der Waals surface area contributed by atoms with Gasteiger partial charge in [-0.3, -0.25) is 10.1 Å². The number of hydrogen-bond donors (Lipinski definition) is 0. The van der Waals surface area contributed by atoms with E-state index in [4.69, 9.17) is 0 Å². The molecular weight excluding hydrogens is 377 g/mol. The third-order valence-corrected chi connectivity index (χ3v) is 4.58. The molecule has 0 amide bonds. The van der Waals surface area contributed by atoms with Gasteiger partial charge in [-0.05, 0) is 41.6 Å². The quantitative estimate of drug-likeness (QED) is 0.456. The molecule has 1 heterocycles. The van der Waals surface area contributed by atoms with Gasteiger partial charge in [0.15, 0.2) is 0 Å². The van der Waals surface area contributed by atoms with Gasteiger partial charge in [0.2, 0.25) is 0 Å². The fraction of sp³-hybridized carbons (Fsp3) is 0.250. The number of nitro groups is 1. The van der Waals surface area contributed by atoms with E-state index in [1.807, 2.05) is 48.1 Å². The lowest BCUT2D eigenvalue weighted by Crippen LogP contribution is -2.16. The first-order valence-corrected chi connectivity index (χ1v) is 7.49. The Balaban J connectivity index is 2.20. The molecule has 0 fully saturated rings. The minimum absolute atomic E-state index is 0.145. The van der Waals surface area contributed by atoms with E-state index in [1.54, 1.807) is 23.5 Å². The molecule has 1 aromatic heterocycles. The Bertz CT molecular complexity index is 615. The summed E-state index contributed by atoms with van der Waals surface area (Å²) in [5.74, 6) is 0. The van der Waals surface area contributed by atoms with Crippen LogP contribution in [-0.4, -0.2) is 17.0 Å². The molecule has 2 rings (SSSR count). The molecule has 0 saturated carbocycles. The van der Waals surface area contributed by atoms with Gasteiger partial charge in [-0.1, -0.05) is 0 Å². The Morgan fingerprint density at radius 3 is 2.79 bits per heavy atom. The number of hydrogen-bond acceptors (Lipinski definition) is 5. The predicted molar refractivity (Wildman–Crippen MR) is 84.8 cm³/mol. The number of benzene rings is 1. The number of aryl methyl sites for hydroxylation is 1. The van der Waals surface area contributed by atoms with Crippen molar-refractivity contribution in [2.24, 2.45) is 0 Å². The van der Waals surface area contributed by atoms with Gasteiger partial charge in [-0.15, -0.1) is 11.3 Å². The van der Waals surface area contributed by atoms with Crippen molar-refractivity contribution in [3.8, 4) is 0 Å². The Kier molecular flexibility index (Phi) is 4.35. The summed E-state index contributed by atoms with van der Waals surface area (Å²) in [5.41, 5.74) is 3.97. The van der Waals surface area contributed by atoms with Gasteiger partial charge in [0.25, 0.3) is 5.69 Å². The summed E-state index contributed by atoms with van der Waals surface area (Å²) >= 11 is 3.61. The van der Waals surface area contributed by atoms with Crippen molar-refractivity contribution >= 4 is 45.3 Å². The van der Waals surface area contributed by atoms with Crippen LogP contribution < -0.4 is 4.90 Å². The fourth-order valence-corrected chi connectivity index (χ4v) is 3.19. The van der Waals surface area contributed by atoms with Crippen molar-refractivity contribution in [1.82, 2.24) is 4.98 Å². The third-order valence-electron chi connectivity index (χ3n) is 2.79. The molecule has 5 nitrogen and oxygen atoms in total. The lowest BCUT2D eigenvalue weighted by atomic mass is 10.2. The molecule has 19 heavy (non-hydrogen) atoms. The van der Waals surface area contributed by atoms with Crippen LogP contribution in [0.5, 0.6) is 0 Å². The van der Waals surface area contributed by atoms with Crippen LogP contribution in [0.25, 0.3) is 0 Å². The molecule has 0 saturated heterocycles. The van der Waals surface area contributed by atoms with Gasteiger partial charge in [-0.2, -0.15) is 0 Å². The van der Waals surface area contributed by atoms with Crippen molar-refractivity contribution in [3.05, 3.63) is 48.0 Å². The van der Waals surface area contributed by atoms with Crippen molar-refractivity contribution in [3.63, 3.8) is 0 Å². The summed E-state index contributed by atoms with van der Waals surface area (Å²) in [4.78, 5) is 17.9. The molecule has 7 heteroatoms. The second kappa shape index (κ2) is 5.83. The molecule has 0 spiro atoms. The van der Waals surface area contributed by atoms with Crippen molar-refractivity contribution in [2.75, 3.05) is 11.9 Å². The molecule has 0 aliphatic heterocycles. The smallest absolute Gasteiger partial charge is 0.282 e. The van der Waals surface area contributed by atoms with Gasteiger partial charge in [0.05, 0.1) is 26.2 Å². The molecule has 2 aromatic rings. The number of halogens is 1. The zero-order valence-corrected chi connectivity index (χ0v) is 13.4. The number of anilines is 1. The van der Waals surface area contributed by atoms with Gasteiger partial charge < -0.3 is 4.90 Å². The zero-order chi connectivity index (χ0) is 14.0. The van der Waals surface area contributed by atoms with Crippen LogP contribution in [0.2, 0.25) is 0 Å². The maximum Gasteiger partial charge on any atom is 0.282 e. The lowest BCUT2D eigenvalue weighted by Gasteiger charge is -2.18. The van der Waals surface area contributed by atoms with Gasteiger partial charge in [0.1, 0.15) is 0 Å². The van der Waals surface area contributed by atoms with Crippen LogP contribution in [0.4, 0.5) is 11.4 Å². The Morgan fingerprint density at radius 2 is 2.26 bits per heavy atom. The molecule has 0 radical (unpaired) electrons. The number of nitro benzene ring substituents is 1. The molecule has 0 atom stereocenters. The summed E-state index contributed by atoms with van der Waals surface area (Å²) in [5, 5.41) is 10.8. The molecule has 0 unspecified atom stereocenters. The lowest BCUT2D eigenvalue weighted by molar-refractivity contribution is -0.385. The first kappa shape index (κ1) is 14.2. The van der Waals surface area contributed by atoms with E-state index in [0.29, 0.717) is 3.57 Å². The third kappa shape index (κ3) is 3.21. The van der Waals surface area contributed by atoms with E-state index in [-0.39, 0.29) is 10.6 Å². The van der Waals surface area contributed by atoms with Crippen molar-refractivity contribution in [2.45, 2.75) is 13.5 Å². The Hall–Kier alpha value is -1.22. The maximum atomic E-state index is 10.8. The van der Waals surface area contributed by atoms with E-state index >= 15 is 0 Å². The van der Waals surface area contributed by atoms with Crippen LogP contribution in [0.3, 0.4) is 0 Å². The monoisotopic (exact) mass is 389 g/mol. The molecule has 1 aromatic carbocycles. The summed E-state index contributed by atoms with van der Waals surface area (Å²) in [6.07, 6.45) is 0. The van der Waals surface area contributed by atoms with E-state index < -0.39 is 0 Å². The van der Waals surface area contributed by atoms with Crippen LogP contribution in [0, 0.1) is 20.6 Å². The number of thiazole rings is 1. The van der Waals surface area contributed by atoms with E-state index in [9.17, 15) is 10.1 Å².